The first-order chi connectivity index (χ1) is 12.8. The second-order valence-electron chi connectivity index (χ2n) is 7.06. The number of allylic oxidation sites excluding steroid dienone is 1. The van der Waals surface area contributed by atoms with E-state index in [0.29, 0.717) is 5.92 Å². The van der Waals surface area contributed by atoms with E-state index in [1.54, 1.807) is 0 Å². The SMILES string of the molecule is CCC1(c2ccccc2)C(=C=C(c2ccccc2)c2ccccc2)C1C. The van der Waals surface area contributed by atoms with Crippen molar-refractivity contribution in [2.45, 2.75) is 25.7 Å². The molecule has 2 unspecified atom stereocenters. The lowest BCUT2D eigenvalue weighted by atomic mass is 9.90. The second kappa shape index (κ2) is 6.83. The molecule has 0 aliphatic heterocycles. The van der Waals surface area contributed by atoms with Gasteiger partial charge in [-0.05, 0) is 34.6 Å². The molecule has 0 amide bonds. The van der Waals surface area contributed by atoms with E-state index >= 15 is 0 Å². The molecule has 3 aromatic rings. The Morgan fingerprint density at radius 1 is 0.769 bits per heavy atom. The van der Waals surface area contributed by atoms with Crippen LogP contribution < -0.4 is 0 Å². The van der Waals surface area contributed by atoms with Crippen molar-refractivity contribution in [3.8, 4) is 0 Å². The highest BCUT2D eigenvalue weighted by Crippen LogP contribution is 2.61. The van der Waals surface area contributed by atoms with E-state index in [-0.39, 0.29) is 5.41 Å². The van der Waals surface area contributed by atoms with Crippen molar-refractivity contribution in [1.82, 2.24) is 0 Å². The van der Waals surface area contributed by atoms with Gasteiger partial charge in [-0.25, -0.2) is 0 Å². The summed E-state index contributed by atoms with van der Waals surface area (Å²) in [6.07, 6.45) is 1.11. The molecule has 0 heterocycles. The van der Waals surface area contributed by atoms with E-state index in [2.05, 4.69) is 111 Å². The molecule has 0 heteroatoms. The summed E-state index contributed by atoms with van der Waals surface area (Å²) in [7, 11) is 0. The van der Waals surface area contributed by atoms with Crippen LogP contribution in [0.1, 0.15) is 37.0 Å². The summed E-state index contributed by atoms with van der Waals surface area (Å²) in [6, 6.07) is 32.2. The van der Waals surface area contributed by atoms with Gasteiger partial charge in [0, 0.05) is 11.0 Å². The van der Waals surface area contributed by atoms with Crippen LogP contribution in [0, 0.1) is 5.92 Å². The predicted molar refractivity (Wildman–Crippen MR) is 110 cm³/mol. The van der Waals surface area contributed by atoms with Gasteiger partial charge in [-0.1, -0.05) is 105 Å². The van der Waals surface area contributed by atoms with Crippen molar-refractivity contribution in [3.63, 3.8) is 0 Å². The summed E-state index contributed by atoms with van der Waals surface area (Å²) < 4.78 is 0. The molecule has 1 aliphatic rings. The molecule has 26 heavy (non-hydrogen) atoms. The largest absolute Gasteiger partial charge is 0.111 e. The Morgan fingerprint density at radius 3 is 1.69 bits per heavy atom. The van der Waals surface area contributed by atoms with E-state index in [1.807, 2.05) is 0 Å². The molecule has 2 atom stereocenters. The maximum absolute atomic E-state index is 3.85. The predicted octanol–water partition coefficient (Wildman–Crippen LogP) is 6.64. The minimum atomic E-state index is 0.135. The Balaban J connectivity index is 1.92. The lowest BCUT2D eigenvalue weighted by molar-refractivity contribution is 0.615. The highest BCUT2D eigenvalue weighted by Gasteiger charge is 2.56. The van der Waals surface area contributed by atoms with Crippen LogP contribution in [0.2, 0.25) is 0 Å². The monoisotopic (exact) mass is 336 g/mol. The third-order valence-corrected chi connectivity index (χ3v) is 5.80. The summed E-state index contributed by atoms with van der Waals surface area (Å²) in [5.74, 6) is 0.525. The average molecular weight is 336 g/mol. The number of rotatable bonds is 4. The number of hydrogen-bond acceptors (Lipinski definition) is 0. The van der Waals surface area contributed by atoms with Crippen molar-refractivity contribution < 1.29 is 0 Å². The van der Waals surface area contributed by atoms with Gasteiger partial charge in [-0.2, -0.15) is 0 Å². The topological polar surface area (TPSA) is 0 Å². The van der Waals surface area contributed by atoms with E-state index in [0.717, 1.165) is 6.42 Å². The minimum Gasteiger partial charge on any atom is -0.111 e. The molecule has 128 valence electrons. The van der Waals surface area contributed by atoms with Crippen LogP contribution >= 0.6 is 0 Å². The Kier molecular flexibility index (Phi) is 4.37. The molecule has 3 aromatic carbocycles. The smallest absolute Gasteiger partial charge is 0.0309 e. The zero-order valence-corrected chi connectivity index (χ0v) is 15.4. The van der Waals surface area contributed by atoms with E-state index in [9.17, 15) is 0 Å². The van der Waals surface area contributed by atoms with Gasteiger partial charge in [-0.3, -0.25) is 0 Å². The quantitative estimate of drug-likeness (QED) is 0.468. The van der Waals surface area contributed by atoms with E-state index in [1.165, 1.54) is 27.8 Å². The van der Waals surface area contributed by atoms with Gasteiger partial charge in [-0.15, -0.1) is 5.73 Å². The van der Waals surface area contributed by atoms with E-state index < -0.39 is 0 Å². The fourth-order valence-electron chi connectivity index (χ4n) is 4.26. The van der Waals surface area contributed by atoms with Crippen LogP contribution in [0.15, 0.2) is 102 Å². The first-order valence-corrected chi connectivity index (χ1v) is 9.45. The molecular formula is C26H24. The third kappa shape index (κ3) is 2.73. The van der Waals surface area contributed by atoms with Crippen molar-refractivity contribution in [2.75, 3.05) is 0 Å². The molecule has 0 radical (unpaired) electrons. The molecular weight excluding hydrogens is 312 g/mol. The van der Waals surface area contributed by atoms with Gasteiger partial charge in [0.1, 0.15) is 0 Å². The summed E-state index contributed by atoms with van der Waals surface area (Å²) in [6.45, 7) is 4.63. The Hall–Kier alpha value is -2.82. The van der Waals surface area contributed by atoms with Crippen molar-refractivity contribution in [3.05, 3.63) is 119 Å². The maximum atomic E-state index is 3.85. The Labute approximate surface area is 156 Å². The molecule has 0 saturated heterocycles. The highest BCUT2D eigenvalue weighted by molar-refractivity contribution is 5.80. The Morgan fingerprint density at radius 2 is 1.23 bits per heavy atom. The normalized spacial score (nSPS) is 21.2. The van der Waals surface area contributed by atoms with E-state index in [4.69, 9.17) is 0 Å². The van der Waals surface area contributed by atoms with Gasteiger partial charge in [0.2, 0.25) is 0 Å². The van der Waals surface area contributed by atoms with Gasteiger partial charge in [0.05, 0.1) is 0 Å². The second-order valence-corrected chi connectivity index (χ2v) is 7.06. The van der Waals surface area contributed by atoms with Crippen molar-refractivity contribution in [1.29, 1.82) is 0 Å². The first-order valence-electron chi connectivity index (χ1n) is 9.45. The van der Waals surface area contributed by atoms with Gasteiger partial charge in [0.25, 0.3) is 0 Å². The molecule has 0 bridgehead atoms. The molecule has 0 spiro atoms. The summed E-state index contributed by atoms with van der Waals surface area (Å²) in [5, 5.41) is 0. The zero-order valence-electron chi connectivity index (χ0n) is 15.4. The fourth-order valence-corrected chi connectivity index (χ4v) is 4.26. The molecule has 4 rings (SSSR count). The number of hydrogen-bond donors (Lipinski definition) is 0. The molecule has 1 saturated carbocycles. The summed E-state index contributed by atoms with van der Waals surface area (Å²) >= 11 is 0. The van der Waals surface area contributed by atoms with Gasteiger partial charge < -0.3 is 0 Å². The molecule has 0 nitrogen and oxygen atoms in total. The molecule has 0 N–H and O–H groups in total. The van der Waals surface area contributed by atoms with Crippen LogP contribution in [0.5, 0.6) is 0 Å². The van der Waals surface area contributed by atoms with Crippen LogP contribution in [-0.4, -0.2) is 0 Å². The number of benzene rings is 3. The van der Waals surface area contributed by atoms with Crippen LogP contribution in [0.4, 0.5) is 0 Å². The summed E-state index contributed by atoms with van der Waals surface area (Å²) in [4.78, 5) is 0. The fraction of sp³-hybridized carbons (Fsp3) is 0.192. The van der Waals surface area contributed by atoms with Crippen LogP contribution in [0.3, 0.4) is 0 Å². The Bertz CT molecular complexity index is 903. The van der Waals surface area contributed by atoms with Crippen LogP contribution in [-0.2, 0) is 5.41 Å². The van der Waals surface area contributed by atoms with Crippen LogP contribution in [0.25, 0.3) is 5.57 Å². The van der Waals surface area contributed by atoms with Crippen molar-refractivity contribution in [2.24, 2.45) is 5.92 Å². The molecule has 1 fully saturated rings. The molecule has 1 aliphatic carbocycles. The lowest BCUT2D eigenvalue weighted by Gasteiger charge is -2.13. The standard InChI is InChI=1S/C26H24/c1-3-26(23-17-11-6-12-18-23)20(2)25(26)19-24(21-13-7-4-8-14-21)22-15-9-5-10-16-22/h4-18,20H,3H2,1-2H3. The van der Waals surface area contributed by atoms with Gasteiger partial charge in [0.15, 0.2) is 0 Å². The van der Waals surface area contributed by atoms with Crippen molar-refractivity contribution >= 4 is 5.57 Å². The zero-order chi connectivity index (χ0) is 18.0. The highest BCUT2D eigenvalue weighted by atomic mass is 14.6. The first kappa shape index (κ1) is 16.6. The maximum Gasteiger partial charge on any atom is 0.0309 e. The third-order valence-electron chi connectivity index (χ3n) is 5.80. The molecule has 0 aromatic heterocycles. The lowest BCUT2D eigenvalue weighted by Crippen LogP contribution is -2.07. The minimum absolute atomic E-state index is 0.135. The average Bonchev–Trinajstić information content (AvgIpc) is 3.31. The van der Waals surface area contributed by atoms with Gasteiger partial charge >= 0.3 is 0 Å². The summed E-state index contributed by atoms with van der Waals surface area (Å²) in [5.41, 5.74) is 10.5.